The van der Waals surface area contributed by atoms with E-state index in [-0.39, 0.29) is 22.9 Å². The lowest BCUT2D eigenvalue weighted by molar-refractivity contribution is -0.150. The maximum atomic E-state index is 11.6. The molecule has 0 bridgehead atoms. The molecule has 16 heavy (non-hydrogen) atoms. The number of carbonyl (C=O) groups is 3. The van der Waals surface area contributed by atoms with Crippen molar-refractivity contribution >= 4 is 29.5 Å². The molecular weight excluding hydrogens is 232 g/mol. The van der Waals surface area contributed by atoms with Crippen LogP contribution < -0.4 is 5.32 Å². The van der Waals surface area contributed by atoms with E-state index in [0.29, 0.717) is 5.75 Å². The quantitative estimate of drug-likeness (QED) is 0.630. The second kappa shape index (κ2) is 3.82. The van der Waals surface area contributed by atoms with Crippen molar-refractivity contribution in [2.45, 2.75) is 18.3 Å². The normalized spacial score (nSPS) is 27.7. The molecule has 0 aliphatic carbocycles. The number of amides is 2. The Bertz CT molecular complexity index is 406. The number of fused-ring (bicyclic) bond motifs is 1. The van der Waals surface area contributed by atoms with E-state index < -0.39 is 12.0 Å². The molecule has 2 heterocycles. The van der Waals surface area contributed by atoms with Crippen LogP contribution in [0.15, 0.2) is 11.8 Å². The van der Waals surface area contributed by atoms with Crippen LogP contribution in [-0.4, -0.2) is 45.0 Å². The molecule has 2 amide bonds. The number of thioether (sulfide) groups is 1. The van der Waals surface area contributed by atoms with Crippen LogP contribution in [0.1, 0.15) is 6.92 Å². The molecule has 2 N–H and O–H groups in total. The van der Waals surface area contributed by atoms with E-state index in [0.717, 1.165) is 0 Å². The summed E-state index contributed by atoms with van der Waals surface area (Å²) in [6.45, 7) is 1.33. The van der Waals surface area contributed by atoms with Crippen molar-refractivity contribution in [3.8, 4) is 0 Å². The van der Waals surface area contributed by atoms with E-state index in [1.807, 2.05) is 0 Å². The topological polar surface area (TPSA) is 86.7 Å². The molecule has 6 nitrogen and oxygen atoms in total. The molecule has 0 radical (unpaired) electrons. The van der Waals surface area contributed by atoms with Gasteiger partial charge in [-0.15, -0.1) is 11.8 Å². The zero-order chi connectivity index (χ0) is 11.9. The average Bonchev–Trinajstić information content (AvgIpc) is 2.24. The summed E-state index contributed by atoms with van der Waals surface area (Å²) in [6, 6.07) is -0.592. The summed E-state index contributed by atoms with van der Waals surface area (Å²) in [5.74, 6) is -1.22. The number of aliphatic carboxylic acids is 1. The van der Waals surface area contributed by atoms with Crippen LogP contribution in [-0.2, 0) is 14.4 Å². The number of nitrogens with one attached hydrogen (secondary N) is 1. The van der Waals surface area contributed by atoms with Crippen LogP contribution in [0.3, 0.4) is 0 Å². The molecule has 2 rings (SSSR count). The Balaban J connectivity index is 2.16. The SMILES string of the molecule is CC(=O)NC1C(=O)N2C(C(=O)O)=CCS[C@@H]12. The average molecular weight is 242 g/mol. The fourth-order valence-electron chi connectivity index (χ4n) is 1.76. The zero-order valence-electron chi connectivity index (χ0n) is 8.47. The predicted octanol–water partition coefficient (Wildman–Crippen LogP) is -0.625. The van der Waals surface area contributed by atoms with Gasteiger partial charge in [-0.25, -0.2) is 4.79 Å². The lowest BCUT2D eigenvalue weighted by Crippen LogP contribution is -2.70. The number of rotatable bonds is 2. The number of β-lactam (4-membered cyclic amide) rings is 1. The lowest BCUT2D eigenvalue weighted by atomic mass is 10.1. The summed E-state index contributed by atoms with van der Waals surface area (Å²) < 4.78 is 0. The van der Waals surface area contributed by atoms with Gasteiger partial charge in [-0.1, -0.05) is 0 Å². The fourth-order valence-corrected chi connectivity index (χ4v) is 2.95. The Morgan fingerprint density at radius 1 is 1.62 bits per heavy atom. The Morgan fingerprint density at radius 2 is 2.31 bits per heavy atom. The number of nitrogens with zero attached hydrogens (tertiary/aromatic N) is 1. The standard InChI is InChI=1S/C9H10N2O4S/c1-4(12)10-6-7(13)11-5(9(14)15)2-3-16-8(6)11/h2,6,8H,3H2,1H3,(H,10,12)(H,14,15)/t6?,8-/m0/s1. The smallest absolute Gasteiger partial charge is 0.352 e. The molecular formula is C9H10N2O4S. The van der Waals surface area contributed by atoms with Crippen LogP contribution in [0.25, 0.3) is 0 Å². The van der Waals surface area contributed by atoms with Crippen molar-refractivity contribution < 1.29 is 19.5 Å². The second-order valence-electron chi connectivity index (χ2n) is 3.50. The third-order valence-electron chi connectivity index (χ3n) is 2.42. The largest absolute Gasteiger partial charge is 0.477 e. The summed E-state index contributed by atoms with van der Waals surface area (Å²) in [7, 11) is 0. The van der Waals surface area contributed by atoms with Gasteiger partial charge in [-0.05, 0) is 6.08 Å². The number of hydrogen-bond acceptors (Lipinski definition) is 4. The fraction of sp³-hybridized carbons (Fsp3) is 0.444. The molecule has 1 unspecified atom stereocenters. The summed E-state index contributed by atoms with van der Waals surface area (Å²) in [5.41, 5.74) is 0.00959. The van der Waals surface area contributed by atoms with Crippen molar-refractivity contribution in [1.82, 2.24) is 10.2 Å². The van der Waals surface area contributed by atoms with Crippen LogP contribution in [0, 0.1) is 0 Å². The first-order valence-electron chi connectivity index (χ1n) is 4.67. The highest BCUT2D eigenvalue weighted by molar-refractivity contribution is 8.00. The van der Waals surface area contributed by atoms with Gasteiger partial charge in [-0.2, -0.15) is 0 Å². The van der Waals surface area contributed by atoms with E-state index in [9.17, 15) is 14.4 Å². The summed E-state index contributed by atoms with van der Waals surface area (Å²) >= 11 is 1.44. The number of carboxylic acid groups (broad SMARTS) is 1. The van der Waals surface area contributed by atoms with E-state index in [2.05, 4.69) is 5.32 Å². The van der Waals surface area contributed by atoms with Gasteiger partial charge in [0.2, 0.25) is 5.91 Å². The van der Waals surface area contributed by atoms with Gasteiger partial charge >= 0.3 is 5.97 Å². The summed E-state index contributed by atoms with van der Waals surface area (Å²) in [6.07, 6.45) is 1.51. The monoisotopic (exact) mass is 242 g/mol. The van der Waals surface area contributed by atoms with E-state index >= 15 is 0 Å². The van der Waals surface area contributed by atoms with Crippen LogP contribution in [0.5, 0.6) is 0 Å². The molecule has 0 aromatic rings. The molecule has 1 fully saturated rings. The van der Waals surface area contributed by atoms with Gasteiger partial charge in [0.05, 0.1) is 0 Å². The van der Waals surface area contributed by atoms with Gasteiger partial charge in [0.25, 0.3) is 5.91 Å². The predicted molar refractivity (Wildman–Crippen MR) is 56.4 cm³/mol. The molecule has 1 saturated heterocycles. The first-order chi connectivity index (χ1) is 7.52. The lowest BCUT2D eigenvalue weighted by Gasteiger charge is -2.48. The zero-order valence-corrected chi connectivity index (χ0v) is 9.28. The Morgan fingerprint density at radius 3 is 2.88 bits per heavy atom. The Kier molecular flexibility index (Phi) is 2.63. The second-order valence-corrected chi connectivity index (χ2v) is 4.65. The first-order valence-corrected chi connectivity index (χ1v) is 5.72. The van der Waals surface area contributed by atoms with Gasteiger partial charge < -0.3 is 10.4 Å². The molecule has 2 aliphatic rings. The molecule has 86 valence electrons. The number of carbonyl (C=O) groups excluding carboxylic acids is 2. The molecule has 7 heteroatoms. The minimum absolute atomic E-state index is 0.00959. The van der Waals surface area contributed by atoms with E-state index in [1.165, 1.54) is 29.7 Å². The Hall–Kier alpha value is -1.50. The van der Waals surface area contributed by atoms with E-state index in [1.54, 1.807) is 0 Å². The van der Waals surface area contributed by atoms with Crippen molar-refractivity contribution in [1.29, 1.82) is 0 Å². The highest BCUT2D eigenvalue weighted by Gasteiger charge is 2.52. The minimum atomic E-state index is -1.11. The number of hydrogen-bond donors (Lipinski definition) is 2. The van der Waals surface area contributed by atoms with Crippen molar-refractivity contribution in [2.75, 3.05) is 5.75 Å². The molecule has 0 aromatic carbocycles. The molecule has 2 aliphatic heterocycles. The highest BCUT2D eigenvalue weighted by Crippen LogP contribution is 2.37. The third kappa shape index (κ3) is 1.57. The van der Waals surface area contributed by atoms with Crippen LogP contribution in [0.4, 0.5) is 0 Å². The van der Waals surface area contributed by atoms with Crippen LogP contribution in [0.2, 0.25) is 0 Å². The molecule has 0 aromatic heterocycles. The van der Waals surface area contributed by atoms with Gasteiger partial charge in [-0.3, -0.25) is 14.5 Å². The van der Waals surface area contributed by atoms with Gasteiger partial charge in [0, 0.05) is 12.7 Å². The van der Waals surface area contributed by atoms with Crippen molar-refractivity contribution in [3.05, 3.63) is 11.8 Å². The third-order valence-corrected chi connectivity index (χ3v) is 3.61. The van der Waals surface area contributed by atoms with Crippen molar-refractivity contribution in [2.24, 2.45) is 0 Å². The number of carboxylic acids is 1. The van der Waals surface area contributed by atoms with Crippen molar-refractivity contribution in [3.63, 3.8) is 0 Å². The maximum absolute atomic E-state index is 11.6. The molecule has 0 saturated carbocycles. The maximum Gasteiger partial charge on any atom is 0.352 e. The molecule has 2 atom stereocenters. The summed E-state index contributed by atoms with van der Waals surface area (Å²) in [5, 5.41) is 11.1. The molecule has 0 spiro atoms. The summed E-state index contributed by atoms with van der Waals surface area (Å²) in [4.78, 5) is 34.6. The first kappa shape index (κ1) is 11.0. The van der Waals surface area contributed by atoms with Gasteiger partial charge in [0.15, 0.2) is 0 Å². The Labute approximate surface area is 95.7 Å². The van der Waals surface area contributed by atoms with Crippen LogP contribution >= 0.6 is 11.8 Å². The van der Waals surface area contributed by atoms with Gasteiger partial charge in [0.1, 0.15) is 17.1 Å². The van der Waals surface area contributed by atoms with E-state index in [4.69, 9.17) is 5.11 Å². The minimum Gasteiger partial charge on any atom is -0.477 e. The highest BCUT2D eigenvalue weighted by atomic mass is 32.2.